The Balaban J connectivity index is 1.59. The van der Waals surface area contributed by atoms with E-state index in [2.05, 4.69) is 10.6 Å². The average molecular weight is 290 g/mol. The summed E-state index contributed by atoms with van der Waals surface area (Å²) in [6.07, 6.45) is 3.73. The minimum Gasteiger partial charge on any atom is -0.490 e. The van der Waals surface area contributed by atoms with E-state index in [-0.39, 0.29) is 5.91 Å². The van der Waals surface area contributed by atoms with Gasteiger partial charge in [-0.05, 0) is 44.0 Å². The number of piperidine rings is 1. The van der Waals surface area contributed by atoms with E-state index in [0.717, 1.165) is 43.8 Å². The Morgan fingerprint density at radius 1 is 1.24 bits per heavy atom. The van der Waals surface area contributed by atoms with Crippen LogP contribution in [0.1, 0.15) is 25.7 Å². The highest BCUT2D eigenvalue weighted by Crippen LogP contribution is 2.32. The standard InChI is InChI=1S/C16H22N2O3/c19-16(9-12-3-1-6-17-11-12)18-13-4-5-14-15(10-13)21-8-2-7-20-14/h4-5,10,12,17H,1-3,6-9,11H2,(H,18,19). The third kappa shape index (κ3) is 3.88. The van der Waals surface area contributed by atoms with Gasteiger partial charge in [-0.15, -0.1) is 0 Å². The maximum absolute atomic E-state index is 12.1. The van der Waals surface area contributed by atoms with Crippen LogP contribution >= 0.6 is 0 Å². The molecule has 1 saturated heterocycles. The molecule has 1 atom stereocenters. The molecule has 0 spiro atoms. The molecular formula is C16H22N2O3. The van der Waals surface area contributed by atoms with Crippen LogP contribution in [0.4, 0.5) is 5.69 Å². The van der Waals surface area contributed by atoms with E-state index >= 15 is 0 Å². The van der Waals surface area contributed by atoms with E-state index in [4.69, 9.17) is 9.47 Å². The highest BCUT2D eigenvalue weighted by molar-refractivity contribution is 5.91. The van der Waals surface area contributed by atoms with Crippen LogP contribution in [0.15, 0.2) is 18.2 Å². The van der Waals surface area contributed by atoms with Gasteiger partial charge in [-0.3, -0.25) is 4.79 Å². The van der Waals surface area contributed by atoms with Crippen LogP contribution in [0.3, 0.4) is 0 Å². The number of benzene rings is 1. The maximum Gasteiger partial charge on any atom is 0.224 e. The van der Waals surface area contributed by atoms with Crippen LogP contribution in [0.5, 0.6) is 11.5 Å². The Morgan fingerprint density at radius 3 is 2.90 bits per heavy atom. The monoisotopic (exact) mass is 290 g/mol. The third-order valence-corrected chi connectivity index (χ3v) is 3.90. The highest BCUT2D eigenvalue weighted by Gasteiger charge is 2.17. The van der Waals surface area contributed by atoms with E-state index in [0.29, 0.717) is 31.3 Å². The number of rotatable bonds is 3. The van der Waals surface area contributed by atoms with Crippen LogP contribution in [0.25, 0.3) is 0 Å². The second kappa shape index (κ2) is 6.80. The van der Waals surface area contributed by atoms with Gasteiger partial charge in [-0.2, -0.15) is 0 Å². The lowest BCUT2D eigenvalue weighted by Gasteiger charge is -2.22. The lowest BCUT2D eigenvalue weighted by atomic mass is 9.96. The van der Waals surface area contributed by atoms with E-state index < -0.39 is 0 Å². The van der Waals surface area contributed by atoms with Crippen molar-refractivity contribution in [3.63, 3.8) is 0 Å². The van der Waals surface area contributed by atoms with E-state index in [1.165, 1.54) is 0 Å². The Kier molecular flexibility index (Phi) is 4.60. The van der Waals surface area contributed by atoms with E-state index in [9.17, 15) is 4.79 Å². The van der Waals surface area contributed by atoms with Crippen LogP contribution in [-0.2, 0) is 4.79 Å². The van der Waals surface area contributed by atoms with Crippen LogP contribution in [-0.4, -0.2) is 32.2 Å². The minimum atomic E-state index is 0.0678. The number of hydrogen-bond donors (Lipinski definition) is 2. The van der Waals surface area contributed by atoms with Crippen molar-refractivity contribution in [1.29, 1.82) is 0 Å². The smallest absolute Gasteiger partial charge is 0.224 e. The number of carbonyl (C=O) groups is 1. The zero-order chi connectivity index (χ0) is 14.5. The quantitative estimate of drug-likeness (QED) is 0.896. The fourth-order valence-electron chi connectivity index (χ4n) is 2.81. The molecule has 2 aliphatic heterocycles. The topological polar surface area (TPSA) is 59.6 Å². The zero-order valence-electron chi connectivity index (χ0n) is 12.2. The summed E-state index contributed by atoms with van der Waals surface area (Å²) in [6, 6.07) is 5.57. The number of nitrogens with one attached hydrogen (secondary N) is 2. The van der Waals surface area contributed by atoms with Gasteiger partial charge in [-0.1, -0.05) is 0 Å². The number of anilines is 1. The van der Waals surface area contributed by atoms with Crippen LogP contribution in [0, 0.1) is 5.92 Å². The maximum atomic E-state index is 12.1. The van der Waals surface area contributed by atoms with Crippen molar-refractivity contribution in [2.45, 2.75) is 25.7 Å². The SMILES string of the molecule is O=C(CC1CCCNC1)Nc1ccc2c(c1)OCCCO2. The molecule has 3 rings (SSSR count). The minimum absolute atomic E-state index is 0.0678. The van der Waals surface area contributed by atoms with Gasteiger partial charge in [0.2, 0.25) is 5.91 Å². The summed E-state index contributed by atoms with van der Waals surface area (Å²) in [5.41, 5.74) is 0.771. The van der Waals surface area contributed by atoms with Gasteiger partial charge < -0.3 is 20.1 Å². The Bertz CT molecular complexity index is 498. The molecule has 0 aliphatic carbocycles. The van der Waals surface area contributed by atoms with Crippen molar-refractivity contribution in [3.8, 4) is 11.5 Å². The molecule has 0 radical (unpaired) electrons. The van der Waals surface area contributed by atoms with Gasteiger partial charge in [0, 0.05) is 24.6 Å². The summed E-state index contributed by atoms with van der Waals surface area (Å²) in [4.78, 5) is 12.1. The first-order chi connectivity index (χ1) is 10.3. The third-order valence-electron chi connectivity index (χ3n) is 3.90. The molecule has 1 aromatic carbocycles. The molecule has 0 bridgehead atoms. The van der Waals surface area contributed by atoms with Crippen molar-refractivity contribution in [1.82, 2.24) is 5.32 Å². The number of hydrogen-bond acceptors (Lipinski definition) is 4. The van der Waals surface area contributed by atoms with Gasteiger partial charge in [0.15, 0.2) is 11.5 Å². The van der Waals surface area contributed by atoms with Crippen molar-refractivity contribution in [2.75, 3.05) is 31.6 Å². The first-order valence-electron chi connectivity index (χ1n) is 7.71. The largest absolute Gasteiger partial charge is 0.490 e. The summed E-state index contributed by atoms with van der Waals surface area (Å²) < 4.78 is 11.2. The van der Waals surface area contributed by atoms with Crippen molar-refractivity contribution in [3.05, 3.63) is 18.2 Å². The lowest BCUT2D eigenvalue weighted by molar-refractivity contribution is -0.117. The Hall–Kier alpha value is -1.75. The fourth-order valence-corrected chi connectivity index (χ4v) is 2.81. The molecule has 21 heavy (non-hydrogen) atoms. The molecule has 1 aromatic rings. The predicted octanol–water partition coefficient (Wildman–Crippen LogP) is 2.18. The molecule has 5 nitrogen and oxygen atoms in total. The molecule has 1 unspecified atom stereocenters. The second-order valence-electron chi connectivity index (χ2n) is 5.68. The van der Waals surface area contributed by atoms with Gasteiger partial charge in [0.05, 0.1) is 13.2 Å². The molecule has 5 heteroatoms. The van der Waals surface area contributed by atoms with Crippen molar-refractivity contribution in [2.24, 2.45) is 5.92 Å². The van der Waals surface area contributed by atoms with Gasteiger partial charge in [0.1, 0.15) is 0 Å². The Labute approximate surface area is 125 Å². The molecule has 1 amide bonds. The lowest BCUT2D eigenvalue weighted by Crippen LogP contribution is -2.32. The fraction of sp³-hybridized carbons (Fsp3) is 0.562. The number of carbonyl (C=O) groups excluding carboxylic acids is 1. The molecule has 1 fully saturated rings. The first kappa shape index (κ1) is 14.2. The summed E-state index contributed by atoms with van der Waals surface area (Å²) >= 11 is 0. The summed E-state index contributed by atoms with van der Waals surface area (Å²) in [5, 5.41) is 6.29. The van der Waals surface area contributed by atoms with Gasteiger partial charge in [0.25, 0.3) is 0 Å². The second-order valence-corrected chi connectivity index (χ2v) is 5.68. The summed E-state index contributed by atoms with van der Waals surface area (Å²) in [5.74, 6) is 1.98. The van der Waals surface area contributed by atoms with E-state index in [1.807, 2.05) is 18.2 Å². The molecule has 2 N–H and O–H groups in total. The number of ether oxygens (including phenoxy) is 2. The molecule has 2 heterocycles. The summed E-state index contributed by atoms with van der Waals surface area (Å²) in [7, 11) is 0. The average Bonchev–Trinajstić information content (AvgIpc) is 2.73. The van der Waals surface area contributed by atoms with Crippen LogP contribution in [0.2, 0.25) is 0 Å². The van der Waals surface area contributed by atoms with Gasteiger partial charge >= 0.3 is 0 Å². The molecular weight excluding hydrogens is 268 g/mol. The van der Waals surface area contributed by atoms with Crippen molar-refractivity contribution < 1.29 is 14.3 Å². The summed E-state index contributed by atoms with van der Waals surface area (Å²) in [6.45, 7) is 3.33. The highest BCUT2D eigenvalue weighted by atomic mass is 16.5. The predicted molar refractivity (Wildman–Crippen MR) is 80.9 cm³/mol. The molecule has 0 saturated carbocycles. The van der Waals surface area contributed by atoms with Gasteiger partial charge in [-0.25, -0.2) is 0 Å². The normalized spacial score (nSPS) is 21.4. The van der Waals surface area contributed by atoms with Crippen LogP contribution < -0.4 is 20.1 Å². The first-order valence-corrected chi connectivity index (χ1v) is 7.71. The zero-order valence-corrected chi connectivity index (χ0v) is 12.2. The molecule has 2 aliphatic rings. The van der Waals surface area contributed by atoms with E-state index in [1.54, 1.807) is 0 Å². The number of fused-ring (bicyclic) bond motifs is 1. The Morgan fingerprint density at radius 2 is 2.10 bits per heavy atom. The molecule has 0 aromatic heterocycles. The van der Waals surface area contributed by atoms with Crippen molar-refractivity contribution >= 4 is 11.6 Å². The number of amides is 1. The molecule has 114 valence electrons.